The molecule has 0 saturated carbocycles. The number of hydrogen-bond acceptors (Lipinski definition) is 5. The number of aromatic nitrogens is 1. The zero-order valence-electron chi connectivity index (χ0n) is 12.9. The van der Waals surface area contributed by atoms with Crippen LogP contribution in [0.1, 0.15) is 30.5 Å². The van der Waals surface area contributed by atoms with Gasteiger partial charge in [-0.25, -0.2) is 9.78 Å². The molecule has 7 heteroatoms. The maximum atomic E-state index is 12.2. The van der Waals surface area contributed by atoms with Crippen molar-refractivity contribution in [2.75, 3.05) is 19.7 Å². The molecule has 1 fully saturated rings. The predicted octanol–water partition coefficient (Wildman–Crippen LogP) is 2.20. The largest absolute Gasteiger partial charge is 0.450 e. The second-order valence-electron chi connectivity index (χ2n) is 5.11. The summed E-state index contributed by atoms with van der Waals surface area (Å²) in [7, 11) is 0. The Morgan fingerprint density at radius 3 is 3.09 bits per heavy atom. The highest BCUT2D eigenvalue weighted by Crippen LogP contribution is 2.13. The molecule has 22 heavy (non-hydrogen) atoms. The number of thiazole rings is 1. The molecule has 0 aliphatic carbocycles. The molecule has 0 radical (unpaired) electrons. The number of nitrogens with zero attached hydrogens (tertiary/aromatic N) is 2. The van der Waals surface area contributed by atoms with Crippen LogP contribution in [0.3, 0.4) is 0 Å². The van der Waals surface area contributed by atoms with Crippen LogP contribution in [0, 0.1) is 6.92 Å². The van der Waals surface area contributed by atoms with E-state index in [0.717, 1.165) is 23.5 Å². The molecule has 0 aromatic carbocycles. The van der Waals surface area contributed by atoms with Crippen LogP contribution < -0.4 is 5.32 Å². The first kappa shape index (κ1) is 16.5. The standard InChI is InChI=1S/C15H21N3O3S/c1-3-21-15(20)17-12-5-4-8-18(9-12)14(19)7-6-13-10-22-11(2)16-13/h6-7,10,12H,3-5,8-9H2,1-2H3,(H,17,20)/b7-6-/t12-/m1/s1. The van der Waals surface area contributed by atoms with Gasteiger partial charge in [0.2, 0.25) is 5.91 Å². The molecule has 120 valence electrons. The highest BCUT2D eigenvalue weighted by Gasteiger charge is 2.23. The van der Waals surface area contributed by atoms with Gasteiger partial charge in [0, 0.05) is 30.6 Å². The molecular weight excluding hydrogens is 302 g/mol. The van der Waals surface area contributed by atoms with E-state index in [1.807, 2.05) is 12.3 Å². The minimum absolute atomic E-state index is 0.0494. The fraction of sp³-hybridized carbons (Fsp3) is 0.533. The topological polar surface area (TPSA) is 71.5 Å². The molecule has 1 N–H and O–H groups in total. The molecule has 0 bridgehead atoms. The number of carbonyl (C=O) groups is 2. The van der Waals surface area contributed by atoms with Crippen LogP contribution in [0.25, 0.3) is 6.08 Å². The van der Waals surface area contributed by atoms with E-state index in [1.165, 1.54) is 0 Å². The molecule has 1 saturated heterocycles. The molecule has 0 unspecified atom stereocenters. The van der Waals surface area contributed by atoms with Gasteiger partial charge >= 0.3 is 6.09 Å². The summed E-state index contributed by atoms with van der Waals surface area (Å²) in [5.74, 6) is -0.0546. The van der Waals surface area contributed by atoms with Crippen molar-refractivity contribution in [1.29, 1.82) is 0 Å². The number of amides is 2. The number of alkyl carbamates (subject to hydrolysis) is 1. The summed E-state index contributed by atoms with van der Waals surface area (Å²) >= 11 is 1.55. The average molecular weight is 323 g/mol. The molecule has 6 nitrogen and oxygen atoms in total. The van der Waals surface area contributed by atoms with Crippen molar-refractivity contribution in [2.24, 2.45) is 0 Å². The Bertz CT molecular complexity index is 556. The normalized spacial score (nSPS) is 18.5. The SMILES string of the molecule is CCOC(=O)N[C@@H]1CCCN(C(=O)/C=C\c2csc(C)n2)C1. The Balaban J connectivity index is 1.87. The molecule has 0 spiro atoms. The van der Waals surface area contributed by atoms with Crippen molar-refractivity contribution in [1.82, 2.24) is 15.2 Å². The van der Waals surface area contributed by atoms with E-state index < -0.39 is 6.09 Å². The van der Waals surface area contributed by atoms with Gasteiger partial charge in [-0.05, 0) is 32.8 Å². The maximum absolute atomic E-state index is 12.2. The number of rotatable bonds is 4. The summed E-state index contributed by atoms with van der Waals surface area (Å²) in [4.78, 5) is 29.7. The van der Waals surface area contributed by atoms with Gasteiger partial charge in [0.15, 0.2) is 0 Å². The van der Waals surface area contributed by atoms with Crippen molar-refractivity contribution in [3.8, 4) is 0 Å². The first-order valence-corrected chi connectivity index (χ1v) is 8.29. The molecular formula is C15H21N3O3S. The molecule has 2 rings (SSSR count). The summed E-state index contributed by atoms with van der Waals surface area (Å²) in [6.45, 7) is 5.26. The second kappa shape index (κ2) is 7.93. The van der Waals surface area contributed by atoms with Crippen LogP contribution in [-0.2, 0) is 9.53 Å². The molecule has 1 aliphatic heterocycles. The Kier molecular flexibility index (Phi) is 5.94. The third kappa shape index (κ3) is 4.84. The smallest absolute Gasteiger partial charge is 0.407 e. The van der Waals surface area contributed by atoms with Crippen molar-refractivity contribution < 1.29 is 14.3 Å². The van der Waals surface area contributed by atoms with E-state index >= 15 is 0 Å². The first-order valence-electron chi connectivity index (χ1n) is 7.41. The molecule has 2 amide bonds. The van der Waals surface area contributed by atoms with E-state index in [0.29, 0.717) is 19.7 Å². The van der Waals surface area contributed by atoms with E-state index in [4.69, 9.17) is 4.74 Å². The van der Waals surface area contributed by atoms with Crippen LogP contribution in [0.4, 0.5) is 4.79 Å². The van der Waals surface area contributed by atoms with Crippen LogP contribution in [0.15, 0.2) is 11.5 Å². The fourth-order valence-electron chi connectivity index (χ4n) is 2.35. The Morgan fingerprint density at radius 1 is 1.59 bits per heavy atom. The quantitative estimate of drug-likeness (QED) is 0.862. The number of piperidine rings is 1. The van der Waals surface area contributed by atoms with Crippen molar-refractivity contribution in [3.05, 3.63) is 22.2 Å². The summed E-state index contributed by atoms with van der Waals surface area (Å²) in [6.07, 6.45) is 4.58. The monoisotopic (exact) mass is 323 g/mol. The third-order valence-electron chi connectivity index (χ3n) is 3.36. The molecule has 1 aromatic heterocycles. The van der Waals surface area contributed by atoms with Gasteiger partial charge in [0.25, 0.3) is 0 Å². The van der Waals surface area contributed by atoms with E-state index in [9.17, 15) is 9.59 Å². The predicted molar refractivity (Wildman–Crippen MR) is 85.6 cm³/mol. The van der Waals surface area contributed by atoms with Crippen LogP contribution in [0.2, 0.25) is 0 Å². The number of likely N-dealkylation sites (tertiary alicyclic amines) is 1. The summed E-state index contributed by atoms with van der Waals surface area (Å²) < 4.78 is 4.87. The molecule has 1 atom stereocenters. The zero-order chi connectivity index (χ0) is 15.9. The number of aryl methyl sites for hydroxylation is 1. The third-order valence-corrected chi connectivity index (χ3v) is 4.16. The van der Waals surface area contributed by atoms with Gasteiger partial charge in [0.1, 0.15) is 0 Å². The molecule has 2 heterocycles. The van der Waals surface area contributed by atoms with Crippen molar-refractivity contribution in [3.63, 3.8) is 0 Å². The average Bonchev–Trinajstić information content (AvgIpc) is 2.91. The second-order valence-corrected chi connectivity index (χ2v) is 6.18. The lowest BCUT2D eigenvalue weighted by Gasteiger charge is -2.32. The lowest BCUT2D eigenvalue weighted by molar-refractivity contribution is -0.127. The van der Waals surface area contributed by atoms with E-state index in [2.05, 4.69) is 10.3 Å². The lowest BCUT2D eigenvalue weighted by atomic mass is 10.1. The van der Waals surface area contributed by atoms with Gasteiger partial charge in [-0.3, -0.25) is 4.79 Å². The highest BCUT2D eigenvalue weighted by atomic mass is 32.1. The van der Waals surface area contributed by atoms with E-state index in [1.54, 1.807) is 35.3 Å². The minimum atomic E-state index is -0.421. The van der Waals surface area contributed by atoms with Crippen molar-refractivity contribution in [2.45, 2.75) is 32.7 Å². The first-order chi connectivity index (χ1) is 10.6. The number of carbonyl (C=O) groups excluding carboxylic acids is 2. The van der Waals surface area contributed by atoms with Gasteiger partial charge in [-0.15, -0.1) is 11.3 Å². The van der Waals surface area contributed by atoms with E-state index in [-0.39, 0.29) is 11.9 Å². The fourth-order valence-corrected chi connectivity index (χ4v) is 2.93. The van der Waals surface area contributed by atoms with Crippen LogP contribution in [0.5, 0.6) is 0 Å². The Labute approximate surface area is 134 Å². The summed E-state index contributed by atoms with van der Waals surface area (Å²) in [5.41, 5.74) is 0.800. The lowest BCUT2D eigenvalue weighted by Crippen LogP contribution is -2.49. The van der Waals surface area contributed by atoms with Gasteiger partial charge in [-0.2, -0.15) is 0 Å². The van der Waals surface area contributed by atoms with Gasteiger partial charge in [0.05, 0.1) is 17.3 Å². The Morgan fingerprint density at radius 2 is 2.41 bits per heavy atom. The highest BCUT2D eigenvalue weighted by molar-refractivity contribution is 7.09. The van der Waals surface area contributed by atoms with Crippen molar-refractivity contribution >= 4 is 29.4 Å². The summed E-state index contributed by atoms with van der Waals surface area (Å²) in [6, 6.07) is -0.0494. The van der Waals surface area contributed by atoms with Gasteiger partial charge < -0.3 is 15.0 Å². The van der Waals surface area contributed by atoms with Crippen LogP contribution >= 0.6 is 11.3 Å². The zero-order valence-corrected chi connectivity index (χ0v) is 13.7. The molecule has 1 aromatic rings. The Hall–Kier alpha value is -1.89. The summed E-state index contributed by atoms with van der Waals surface area (Å²) in [5, 5.41) is 5.68. The van der Waals surface area contributed by atoms with Crippen LogP contribution in [-0.4, -0.2) is 47.6 Å². The maximum Gasteiger partial charge on any atom is 0.407 e. The number of nitrogens with one attached hydrogen (secondary N) is 1. The minimum Gasteiger partial charge on any atom is -0.450 e. The molecule has 1 aliphatic rings. The number of hydrogen-bond donors (Lipinski definition) is 1. The number of ether oxygens (including phenoxy) is 1. The van der Waals surface area contributed by atoms with Gasteiger partial charge in [-0.1, -0.05) is 0 Å².